The van der Waals surface area contributed by atoms with E-state index in [1.807, 2.05) is 0 Å². The van der Waals surface area contributed by atoms with Crippen molar-refractivity contribution >= 4 is 17.6 Å². The minimum atomic E-state index is -4.92. The van der Waals surface area contributed by atoms with Gasteiger partial charge in [-0.2, -0.15) is 18.2 Å². The maximum Gasteiger partial charge on any atom is 0.419 e. The van der Waals surface area contributed by atoms with E-state index in [0.29, 0.717) is 12.1 Å². The normalized spacial score (nSPS) is 11.3. The molecule has 0 N–H and O–H groups in total. The van der Waals surface area contributed by atoms with Crippen LogP contribution in [0.25, 0.3) is 11.4 Å². The Bertz CT molecular complexity index is 1080. The Hall–Kier alpha value is -3.34. The second-order valence-corrected chi connectivity index (χ2v) is 6.01. The number of halogens is 5. The number of hydrogen-bond acceptors (Lipinski definition) is 7. The van der Waals surface area contributed by atoms with Crippen LogP contribution in [0.2, 0.25) is 5.15 Å². The first-order valence-electron chi connectivity index (χ1n) is 8.27. The second kappa shape index (κ2) is 8.57. The van der Waals surface area contributed by atoms with E-state index in [4.69, 9.17) is 21.1 Å². The molecule has 1 aromatic carbocycles. The molecule has 0 bridgehead atoms. The van der Waals surface area contributed by atoms with Gasteiger partial charge in [0.05, 0.1) is 18.4 Å². The van der Waals surface area contributed by atoms with Gasteiger partial charge in [-0.25, -0.2) is 14.2 Å². The molecule has 2 heterocycles. The molecule has 156 valence electrons. The lowest BCUT2D eigenvalue weighted by Gasteiger charge is -2.11. The van der Waals surface area contributed by atoms with Crippen LogP contribution in [0.1, 0.15) is 23.0 Å². The summed E-state index contributed by atoms with van der Waals surface area (Å²) in [4.78, 5) is 19.9. The summed E-state index contributed by atoms with van der Waals surface area (Å²) in [6, 6.07) is 5.03. The predicted octanol–water partition coefficient (Wildman–Crippen LogP) is 4.71. The highest BCUT2D eigenvalue weighted by Gasteiger charge is 2.34. The fourth-order valence-electron chi connectivity index (χ4n) is 2.25. The molecule has 0 aliphatic rings. The zero-order valence-corrected chi connectivity index (χ0v) is 15.8. The topological polar surface area (TPSA) is 87.1 Å². The first-order valence-corrected chi connectivity index (χ1v) is 8.65. The largest absolute Gasteiger partial charge is 0.461 e. The molecule has 0 aliphatic heterocycles. The van der Waals surface area contributed by atoms with Crippen LogP contribution in [0, 0.1) is 5.82 Å². The molecule has 0 aliphatic carbocycles. The highest BCUT2D eigenvalue weighted by molar-refractivity contribution is 6.29. The number of carbonyl (C=O) groups is 1. The molecule has 0 amide bonds. The maximum atomic E-state index is 13.6. The van der Waals surface area contributed by atoms with Crippen molar-refractivity contribution in [3.8, 4) is 23.0 Å². The maximum absolute atomic E-state index is 13.6. The van der Waals surface area contributed by atoms with Crippen LogP contribution >= 0.6 is 11.6 Å². The van der Waals surface area contributed by atoms with Gasteiger partial charge in [0.15, 0.2) is 5.82 Å². The van der Waals surface area contributed by atoms with Crippen molar-refractivity contribution in [2.45, 2.75) is 13.1 Å². The highest BCUT2D eigenvalue weighted by atomic mass is 35.5. The Balaban J connectivity index is 2.07. The predicted molar refractivity (Wildman–Crippen MR) is 95.5 cm³/mol. The summed E-state index contributed by atoms with van der Waals surface area (Å²) < 4.78 is 62.9. The molecule has 12 heteroatoms. The summed E-state index contributed by atoms with van der Waals surface area (Å²) in [5.41, 5.74) is -2.10. The fraction of sp³-hybridized carbons (Fsp3) is 0.167. The first kappa shape index (κ1) is 21.4. The van der Waals surface area contributed by atoms with Gasteiger partial charge in [0.25, 0.3) is 5.88 Å². The van der Waals surface area contributed by atoms with Gasteiger partial charge in [-0.15, -0.1) is 10.2 Å². The van der Waals surface area contributed by atoms with Crippen molar-refractivity contribution in [1.82, 2.24) is 20.2 Å². The number of ether oxygens (including phenoxy) is 2. The van der Waals surface area contributed by atoms with Crippen LogP contribution in [-0.4, -0.2) is 32.7 Å². The minimum Gasteiger partial charge on any atom is -0.461 e. The minimum absolute atomic E-state index is 0.0249. The molecule has 0 saturated heterocycles. The van der Waals surface area contributed by atoms with Gasteiger partial charge in [0, 0.05) is 5.56 Å². The molecule has 2 aromatic heterocycles. The van der Waals surface area contributed by atoms with Crippen molar-refractivity contribution < 1.29 is 31.8 Å². The van der Waals surface area contributed by atoms with Crippen LogP contribution in [-0.2, 0) is 10.9 Å². The molecular formula is C18H11ClF4N4O3. The third-order valence-corrected chi connectivity index (χ3v) is 3.79. The van der Waals surface area contributed by atoms with Gasteiger partial charge in [0.1, 0.15) is 16.7 Å². The standard InChI is InChI=1S/C18H11ClF4N4O3/c1-2-29-17(28)14-16(30-10-4-6-13(19)24-8-10)25-15(27-26-14)9-3-5-12(20)11(7-9)18(21,22)23/h3-8H,2H2,1H3. The lowest BCUT2D eigenvalue weighted by atomic mass is 10.1. The molecule has 0 radical (unpaired) electrons. The lowest BCUT2D eigenvalue weighted by Crippen LogP contribution is -2.13. The van der Waals surface area contributed by atoms with E-state index in [2.05, 4.69) is 20.2 Å². The van der Waals surface area contributed by atoms with E-state index in [0.717, 1.165) is 6.07 Å². The van der Waals surface area contributed by atoms with Crippen molar-refractivity contribution in [3.05, 3.63) is 58.8 Å². The van der Waals surface area contributed by atoms with E-state index in [-0.39, 0.29) is 34.8 Å². The number of nitrogens with zero attached hydrogens (tertiary/aromatic N) is 4. The van der Waals surface area contributed by atoms with E-state index < -0.39 is 29.2 Å². The number of esters is 1. The summed E-state index contributed by atoms with van der Waals surface area (Å²) >= 11 is 5.71. The highest BCUT2D eigenvalue weighted by Crippen LogP contribution is 2.34. The molecule has 0 spiro atoms. The SMILES string of the molecule is CCOC(=O)c1nnc(-c2ccc(F)c(C(F)(F)F)c2)nc1Oc1ccc(Cl)nc1. The molecule has 0 atom stereocenters. The van der Waals surface area contributed by atoms with E-state index >= 15 is 0 Å². The zero-order chi connectivity index (χ0) is 21.9. The summed E-state index contributed by atoms with van der Waals surface area (Å²) in [5.74, 6) is -2.96. The van der Waals surface area contributed by atoms with Crippen LogP contribution in [0.5, 0.6) is 11.6 Å². The Morgan fingerprint density at radius 2 is 1.93 bits per heavy atom. The van der Waals surface area contributed by atoms with Crippen LogP contribution in [0.4, 0.5) is 17.6 Å². The molecule has 3 aromatic rings. The number of aromatic nitrogens is 4. The van der Waals surface area contributed by atoms with Crippen molar-refractivity contribution in [2.75, 3.05) is 6.61 Å². The first-order chi connectivity index (χ1) is 14.2. The van der Waals surface area contributed by atoms with Gasteiger partial charge in [-0.3, -0.25) is 0 Å². The monoisotopic (exact) mass is 442 g/mol. The van der Waals surface area contributed by atoms with Crippen LogP contribution in [0.15, 0.2) is 36.5 Å². The average Bonchev–Trinajstić information content (AvgIpc) is 2.69. The number of benzene rings is 1. The molecular weight excluding hydrogens is 432 g/mol. The second-order valence-electron chi connectivity index (χ2n) is 5.62. The Morgan fingerprint density at radius 1 is 1.17 bits per heavy atom. The molecule has 30 heavy (non-hydrogen) atoms. The molecule has 7 nitrogen and oxygen atoms in total. The number of pyridine rings is 1. The van der Waals surface area contributed by atoms with Gasteiger partial charge in [-0.05, 0) is 37.3 Å². The summed E-state index contributed by atoms with van der Waals surface area (Å²) in [5, 5.41) is 7.50. The van der Waals surface area contributed by atoms with Gasteiger partial charge < -0.3 is 9.47 Å². The number of alkyl halides is 3. The van der Waals surface area contributed by atoms with Crippen molar-refractivity contribution in [1.29, 1.82) is 0 Å². The summed E-state index contributed by atoms with van der Waals surface area (Å²) in [6.45, 7) is 1.59. The van der Waals surface area contributed by atoms with E-state index in [1.165, 1.54) is 18.3 Å². The van der Waals surface area contributed by atoms with Gasteiger partial charge in [-0.1, -0.05) is 11.6 Å². The smallest absolute Gasteiger partial charge is 0.419 e. The average molecular weight is 443 g/mol. The van der Waals surface area contributed by atoms with E-state index in [9.17, 15) is 22.4 Å². The van der Waals surface area contributed by atoms with Crippen LogP contribution < -0.4 is 4.74 Å². The Kier molecular flexibility index (Phi) is 6.11. The zero-order valence-electron chi connectivity index (χ0n) is 15.1. The third kappa shape index (κ3) is 4.79. The summed E-state index contributed by atoms with van der Waals surface area (Å²) in [7, 11) is 0. The van der Waals surface area contributed by atoms with Crippen molar-refractivity contribution in [3.63, 3.8) is 0 Å². The van der Waals surface area contributed by atoms with Gasteiger partial charge in [0.2, 0.25) is 5.69 Å². The Morgan fingerprint density at radius 3 is 2.57 bits per heavy atom. The molecule has 3 rings (SSSR count). The number of rotatable bonds is 5. The third-order valence-electron chi connectivity index (χ3n) is 3.57. The molecule has 0 saturated carbocycles. The molecule has 0 unspecified atom stereocenters. The Labute approximate surface area is 171 Å². The summed E-state index contributed by atoms with van der Waals surface area (Å²) in [6.07, 6.45) is -3.69. The number of hydrogen-bond donors (Lipinski definition) is 0. The lowest BCUT2D eigenvalue weighted by molar-refractivity contribution is -0.139. The van der Waals surface area contributed by atoms with Gasteiger partial charge >= 0.3 is 12.1 Å². The molecule has 0 fully saturated rings. The fourth-order valence-corrected chi connectivity index (χ4v) is 2.36. The quantitative estimate of drug-likeness (QED) is 0.321. The van der Waals surface area contributed by atoms with Crippen LogP contribution in [0.3, 0.4) is 0 Å². The van der Waals surface area contributed by atoms with E-state index in [1.54, 1.807) is 6.92 Å². The number of carbonyl (C=O) groups excluding carboxylic acids is 1. The van der Waals surface area contributed by atoms with Crippen molar-refractivity contribution in [2.24, 2.45) is 0 Å².